The van der Waals surface area contributed by atoms with Gasteiger partial charge in [0.25, 0.3) is 5.91 Å². The summed E-state index contributed by atoms with van der Waals surface area (Å²) in [6, 6.07) is 8.11. The molecule has 1 aromatic heterocycles. The first kappa shape index (κ1) is 23.9. The molecule has 0 radical (unpaired) electrons. The number of likely N-dealkylation sites (tertiary alicyclic amines) is 1. The second-order valence-electron chi connectivity index (χ2n) is 8.00. The number of aryl methyl sites for hydroxylation is 1. The zero-order valence-corrected chi connectivity index (χ0v) is 19.9. The largest absolute Gasteiger partial charge is 0.462 e. The third kappa shape index (κ3) is 5.35. The molecule has 7 nitrogen and oxygen atoms in total. The van der Waals surface area contributed by atoms with Crippen LogP contribution in [0.4, 0.5) is 0 Å². The van der Waals surface area contributed by atoms with E-state index in [0.717, 1.165) is 18.4 Å². The molecule has 1 aliphatic rings. The number of aromatic nitrogens is 1. The van der Waals surface area contributed by atoms with Crippen LogP contribution in [0.25, 0.3) is 0 Å². The molecule has 1 fully saturated rings. The Labute approximate surface area is 193 Å². The Morgan fingerprint density at radius 1 is 1.22 bits per heavy atom. The van der Waals surface area contributed by atoms with E-state index < -0.39 is 5.97 Å². The molecule has 1 aromatic carbocycles. The maximum atomic E-state index is 13.2. The number of hydrogen-bond donors (Lipinski definition) is 2. The first-order valence-electron chi connectivity index (χ1n) is 10.9. The number of aromatic amines is 1. The second-order valence-corrected chi connectivity index (χ2v) is 8.88. The number of esters is 1. The summed E-state index contributed by atoms with van der Waals surface area (Å²) < 4.78 is 5.11. The fourth-order valence-electron chi connectivity index (χ4n) is 4.08. The Morgan fingerprint density at radius 2 is 1.94 bits per heavy atom. The number of carbonyl (C=O) groups excluding carboxylic acids is 3. The zero-order valence-electron chi connectivity index (χ0n) is 19.1. The number of rotatable bonds is 7. The highest BCUT2D eigenvalue weighted by Gasteiger charge is 2.31. The van der Waals surface area contributed by atoms with Crippen molar-refractivity contribution < 1.29 is 19.1 Å². The SMILES string of the molecule is CCOC(=O)c1c(C)[nH]c(C(=O)N2CCC[C@H](C(=O)NCc3ccc(SC)cc3)C2)c1C. The smallest absolute Gasteiger partial charge is 0.340 e. The van der Waals surface area contributed by atoms with Crippen LogP contribution in [-0.2, 0) is 16.1 Å². The lowest BCUT2D eigenvalue weighted by Gasteiger charge is -2.32. The summed E-state index contributed by atoms with van der Waals surface area (Å²) >= 11 is 1.68. The van der Waals surface area contributed by atoms with Crippen molar-refractivity contribution in [2.75, 3.05) is 26.0 Å². The van der Waals surface area contributed by atoms with Gasteiger partial charge in [-0.1, -0.05) is 12.1 Å². The third-order valence-corrected chi connectivity index (χ3v) is 6.58. The highest BCUT2D eigenvalue weighted by molar-refractivity contribution is 7.98. The number of carbonyl (C=O) groups is 3. The van der Waals surface area contributed by atoms with Crippen molar-refractivity contribution in [3.63, 3.8) is 0 Å². The Hall–Kier alpha value is -2.74. The summed E-state index contributed by atoms with van der Waals surface area (Å²) in [5.41, 5.74) is 3.05. The lowest BCUT2D eigenvalue weighted by Crippen LogP contribution is -2.45. The Balaban J connectivity index is 1.63. The van der Waals surface area contributed by atoms with Crippen LogP contribution in [-0.4, -0.2) is 53.6 Å². The van der Waals surface area contributed by atoms with Gasteiger partial charge in [0.2, 0.25) is 5.91 Å². The standard InChI is InChI=1S/C24H31N3O4S/c1-5-31-24(30)20-15(2)21(26-16(20)3)23(29)27-12-6-7-18(14-27)22(28)25-13-17-8-10-19(32-4)11-9-17/h8-11,18,26H,5-7,12-14H2,1-4H3,(H,25,28)/t18-/m0/s1. The van der Waals surface area contributed by atoms with Gasteiger partial charge in [0.15, 0.2) is 0 Å². The number of benzene rings is 1. The monoisotopic (exact) mass is 457 g/mol. The van der Waals surface area contributed by atoms with Crippen molar-refractivity contribution in [1.82, 2.24) is 15.2 Å². The number of nitrogens with one attached hydrogen (secondary N) is 2. The lowest BCUT2D eigenvalue weighted by molar-refractivity contribution is -0.126. The molecule has 0 bridgehead atoms. The summed E-state index contributed by atoms with van der Waals surface area (Å²) in [4.78, 5) is 44.1. The fourth-order valence-corrected chi connectivity index (χ4v) is 4.49. The predicted molar refractivity (Wildman–Crippen MR) is 125 cm³/mol. The van der Waals surface area contributed by atoms with Gasteiger partial charge >= 0.3 is 5.97 Å². The van der Waals surface area contributed by atoms with Crippen molar-refractivity contribution in [1.29, 1.82) is 0 Å². The van der Waals surface area contributed by atoms with Gasteiger partial charge in [-0.15, -0.1) is 11.8 Å². The van der Waals surface area contributed by atoms with Crippen LogP contribution in [0.3, 0.4) is 0 Å². The van der Waals surface area contributed by atoms with E-state index in [2.05, 4.69) is 10.3 Å². The topological polar surface area (TPSA) is 91.5 Å². The molecule has 8 heteroatoms. The molecule has 32 heavy (non-hydrogen) atoms. The molecule has 0 saturated carbocycles. The molecule has 0 aliphatic carbocycles. The molecular formula is C24H31N3O4S. The van der Waals surface area contributed by atoms with Crippen molar-refractivity contribution >= 4 is 29.5 Å². The normalized spacial score (nSPS) is 16.0. The van der Waals surface area contributed by atoms with Gasteiger partial charge in [-0.05, 0) is 63.1 Å². The second kappa shape index (κ2) is 10.7. The zero-order chi connectivity index (χ0) is 23.3. The molecule has 1 atom stereocenters. The van der Waals surface area contributed by atoms with E-state index in [-0.39, 0.29) is 24.3 Å². The molecule has 1 aliphatic heterocycles. The van der Waals surface area contributed by atoms with E-state index in [0.29, 0.717) is 42.1 Å². The average Bonchev–Trinajstić information content (AvgIpc) is 3.11. The van der Waals surface area contributed by atoms with Crippen LogP contribution in [0.15, 0.2) is 29.2 Å². The van der Waals surface area contributed by atoms with Gasteiger partial charge < -0.3 is 19.9 Å². The number of amides is 2. The molecule has 0 spiro atoms. The Kier molecular flexibility index (Phi) is 8.01. The molecule has 2 aromatic rings. The van der Waals surface area contributed by atoms with Crippen LogP contribution >= 0.6 is 11.8 Å². The number of piperidine rings is 1. The first-order valence-corrected chi connectivity index (χ1v) is 12.1. The van der Waals surface area contributed by atoms with E-state index in [1.54, 1.807) is 37.4 Å². The molecule has 2 N–H and O–H groups in total. The minimum absolute atomic E-state index is 0.0388. The van der Waals surface area contributed by atoms with E-state index in [1.807, 2.05) is 30.5 Å². The maximum absolute atomic E-state index is 13.2. The van der Waals surface area contributed by atoms with Crippen molar-refractivity contribution in [3.8, 4) is 0 Å². The highest BCUT2D eigenvalue weighted by atomic mass is 32.2. The van der Waals surface area contributed by atoms with Crippen LogP contribution in [0.1, 0.15) is 57.4 Å². The number of thioether (sulfide) groups is 1. The van der Waals surface area contributed by atoms with Gasteiger partial charge in [-0.3, -0.25) is 9.59 Å². The van der Waals surface area contributed by atoms with Crippen LogP contribution in [0, 0.1) is 19.8 Å². The molecule has 0 unspecified atom stereocenters. The summed E-state index contributed by atoms with van der Waals surface area (Å²) in [6.07, 6.45) is 3.54. The Morgan fingerprint density at radius 3 is 2.59 bits per heavy atom. The molecule has 2 heterocycles. The first-order chi connectivity index (χ1) is 15.3. The maximum Gasteiger partial charge on any atom is 0.340 e. The molecule has 172 valence electrons. The van der Waals surface area contributed by atoms with Gasteiger partial charge in [0.05, 0.1) is 18.1 Å². The minimum atomic E-state index is -0.431. The average molecular weight is 458 g/mol. The number of ether oxygens (including phenoxy) is 1. The summed E-state index contributed by atoms with van der Waals surface area (Å²) in [7, 11) is 0. The van der Waals surface area contributed by atoms with E-state index >= 15 is 0 Å². The third-order valence-electron chi connectivity index (χ3n) is 5.84. The van der Waals surface area contributed by atoms with E-state index in [9.17, 15) is 14.4 Å². The van der Waals surface area contributed by atoms with Crippen LogP contribution in [0.2, 0.25) is 0 Å². The number of nitrogens with zero attached hydrogens (tertiary/aromatic N) is 1. The fraction of sp³-hybridized carbons (Fsp3) is 0.458. The van der Waals surface area contributed by atoms with Crippen molar-refractivity contribution in [2.24, 2.45) is 5.92 Å². The van der Waals surface area contributed by atoms with Crippen LogP contribution < -0.4 is 5.32 Å². The van der Waals surface area contributed by atoms with Crippen LogP contribution in [0.5, 0.6) is 0 Å². The van der Waals surface area contributed by atoms with Crippen molar-refractivity contribution in [3.05, 3.63) is 52.3 Å². The highest BCUT2D eigenvalue weighted by Crippen LogP contribution is 2.24. The van der Waals surface area contributed by atoms with Gasteiger partial charge in [-0.25, -0.2) is 4.79 Å². The predicted octanol–water partition coefficient (Wildman–Crippen LogP) is 3.70. The molecule has 3 rings (SSSR count). The van der Waals surface area contributed by atoms with Gasteiger partial charge in [0.1, 0.15) is 5.69 Å². The van der Waals surface area contributed by atoms with E-state index in [4.69, 9.17) is 4.74 Å². The number of H-pyrrole nitrogens is 1. The molecule has 2 amide bonds. The van der Waals surface area contributed by atoms with Gasteiger partial charge in [-0.2, -0.15) is 0 Å². The van der Waals surface area contributed by atoms with Crippen molar-refractivity contribution in [2.45, 2.75) is 45.1 Å². The molecular weight excluding hydrogens is 426 g/mol. The summed E-state index contributed by atoms with van der Waals surface area (Å²) in [5, 5.41) is 3.01. The molecule has 1 saturated heterocycles. The lowest BCUT2D eigenvalue weighted by atomic mass is 9.96. The summed E-state index contributed by atoms with van der Waals surface area (Å²) in [6.45, 7) is 6.95. The number of hydrogen-bond acceptors (Lipinski definition) is 5. The van der Waals surface area contributed by atoms with E-state index in [1.165, 1.54) is 4.90 Å². The Bertz CT molecular complexity index is 984. The minimum Gasteiger partial charge on any atom is -0.462 e. The summed E-state index contributed by atoms with van der Waals surface area (Å²) in [5.74, 6) is -0.910. The van der Waals surface area contributed by atoms with Gasteiger partial charge in [0, 0.05) is 30.2 Å². The quantitative estimate of drug-likeness (QED) is 0.489.